The number of nitrogens with two attached hydrogens (primary N) is 3. The van der Waals surface area contributed by atoms with Crippen LogP contribution in [0.15, 0.2) is 126 Å². The van der Waals surface area contributed by atoms with Crippen LogP contribution in [0.3, 0.4) is 0 Å². The third kappa shape index (κ3) is 6.49. The minimum Gasteiger partial charge on any atom is -0.399 e. The van der Waals surface area contributed by atoms with Crippen LogP contribution in [0.1, 0.15) is 90.3 Å². The van der Waals surface area contributed by atoms with Crippen molar-refractivity contribution in [3.8, 4) is 0 Å². The number of hydrogen-bond donors (Lipinski definition) is 3. The average molecular weight is 669 g/mol. The Morgan fingerprint density at radius 2 is 1.50 bits per heavy atom. The summed E-state index contributed by atoms with van der Waals surface area (Å²) in [6.07, 6.45) is 16.4. The molecule has 2 heterocycles. The van der Waals surface area contributed by atoms with Crippen LogP contribution >= 0.6 is 0 Å². The van der Waals surface area contributed by atoms with Crippen molar-refractivity contribution in [2.24, 2.45) is 11.6 Å². The zero-order valence-electron chi connectivity index (χ0n) is 30.9. The first-order chi connectivity index (χ1) is 24.0. The smallest absolute Gasteiger partial charge is 0.0632 e. The SMILES string of the molecule is CCCN1/C(=C/C=C2\CCCC(/C=C/C3N(CCC)c4ccccc4C3(C)C)=C2N(N)/C=C(\N)c2ccc(N)cc2)C(C)(C)c2ccccc21. The first-order valence-corrected chi connectivity index (χ1v) is 18.4. The Morgan fingerprint density at radius 3 is 2.20 bits per heavy atom. The Labute approximate surface area is 300 Å². The molecular formula is C44H56N6. The van der Waals surface area contributed by atoms with E-state index in [-0.39, 0.29) is 16.9 Å². The fraction of sp³-hybridized carbons (Fsp3) is 0.364. The van der Waals surface area contributed by atoms with Crippen molar-refractivity contribution in [2.75, 3.05) is 28.6 Å². The van der Waals surface area contributed by atoms with Crippen LogP contribution in [-0.2, 0) is 10.8 Å². The van der Waals surface area contributed by atoms with Crippen molar-refractivity contribution < 1.29 is 0 Å². The van der Waals surface area contributed by atoms with Gasteiger partial charge in [0.2, 0.25) is 0 Å². The van der Waals surface area contributed by atoms with Gasteiger partial charge < -0.3 is 21.3 Å². The van der Waals surface area contributed by atoms with Gasteiger partial charge in [0.1, 0.15) is 0 Å². The molecule has 50 heavy (non-hydrogen) atoms. The highest BCUT2D eigenvalue weighted by Crippen LogP contribution is 2.48. The number of nitrogen functional groups attached to an aromatic ring is 1. The topological polar surface area (TPSA) is 87.8 Å². The molecule has 3 aromatic carbocycles. The summed E-state index contributed by atoms with van der Waals surface area (Å²) in [5.41, 5.74) is 24.9. The number of hydrazine groups is 1. The Kier molecular flexibility index (Phi) is 10.0. The van der Waals surface area contributed by atoms with E-state index in [1.807, 2.05) is 30.5 Å². The van der Waals surface area contributed by atoms with E-state index >= 15 is 0 Å². The Bertz CT molecular complexity index is 1850. The lowest BCUT2D eigenvalue weighted by atomic mass is 9.80. The van der Waals surface area contributed by atoms with Crippen LogP contribution in [0.2, 0.25) is 0 Å². The van der Waals surface area contributed by atoms with E-state index in [0.717, 1.165) is 56.5 Å². The molecule has 0 aromatic heterocycles. The monoisotopic (exact) mass is 668 g/mol. The van der Waals surface area contributed by atoms with E-state index in [9.17, 15) is 0 Å². The van der Waals surface area contributed by atoms with E-state index in [4.69, 9.17) is 17.3 Å². The molecule has 262 valence electrons. The molecule has 2 aliphatic heterocycles. The normalized spacial score (nSPS) is 21.4. The van der Waals surface area contributed by atoms with E-state index in [1.165, 1.54) is 39.3 Å². The summed E-state index contributed by atoms with van der Waals surface area (Å²) in [6.45, 7) is 15.9. The molecule has 0 amide bonds. The standard InChI is InChI=1S/C44H56N6/c1-7-28-48-38-18-11-9-16-35(38)43(3,4)40(48)26-22-32-14-13-15-33(42(32)50(47)30-37(46)31-20-24-34(45)25-21-31)23-27-41-44(5,6)36-17-10-12-19-39(36)49(41)29-8-2/h9-12,16-27,30,40H,7-8,13-15,28-29,45-47H2,1-6H3/b26-22+,33-23+,37-30-,41-27+. The maximum atomic E-state index is 7.04. The number of anilines is 3. The predicted octanol–water partition coefficient (Wildman–Crippen LogP) is 9.29. The number of allylic oxidation sites excluding steroid dienone is 6. The van der Waals surface area contributed by atoms with E-state index < -0.39 is 0 Å². The highest BCUT2D eigenvalue weighted by molar-refractivity contribution is 5.71. The highest BCUT2D eigenvalue weighted by atomic mass is 15.4. The fourth-order valence-electron chi connectivity index (χ4n) is 8.34. The van der Waals surface area contributed by atoms with Gasteiger partial charge in [-0.05, 0) is 90.3 Å². The first-order valence-electron chi connectivity index (χ1n) is 18.4. The zero-order valence-corrected chi connectivity index (χ0v) is 30.9. The van der Waals surface area contributed by atoms with E-state index in [1.54, 1.807) is 5.01 Å². The lowest BCUT2D eigenvalue weighted by Crippen LogP contribution is -2.40. The summed E-state index contributed by atoms with van der Waals surface area (Å²) in [5, 5.41) is 1.76. The molecule has 0 saturated carbocycles. The van der Waals surface area contributed by atoms with Gasteiger partial charge in [0.15, 0.2) is 0 Å². The maximum absolute atomic E-state index is 7.04. The van der Waals surface area contributed by atoms with Crippen LogP contribution in [0.4, 0.5) is 17.1 Å². The van der Waals surface area contributed by atoms with Gasteiger partial charge in [0.25, 0.3) is 0 Å². The van der Waals surface area contributed by atoms with Crippen LogP contribution in [-0.4, -0.2) is 24.1 Å². The van der Waals surface area contributed by atoms with Crippen LogP contribution in [0.5, 0.6) is 0 Å². The van der Waals surface area contributed by atoms with Crippen molar-refractivity contribution in [1.29, 1.82) is 0 Å². The number of benzene rings is 3. The van der Waals surface area contributed by atoms with Crippen LogP contribution in [0, 0.1) is 0 Å². The molecule has 0 radical (unpaired) electrons. The van der Waals surface area contributed by atoms with Gasteiger partial charge in [0.05, 0.1) is 17.4 Å². The zero-order chi connectivity index (χ0) is 35.6. The number of para-hydroxylation sites is 2. The summed E-state index contributed by atoms with van der Waals surface area (Å²) in [5.74, 6) is 7.04. The molecule has 6 heteroatoms. The quantitative estimate of drug-likeness (QED) is 0.113. The van der Waals surface area contributed by atoms with Crippen molar-refractivity contribution >= 4 is 22.8 Å². The Morgan fingerprint density at radius 1 is 0.840 bits per heavy atom. The Hall–Kier alpha value is -4.68. The molecular weight excluding hydrogens is 613 g/mol. The molecule has 6 nitrogen and oxygen atoms in total. The van der Waals surface area contributed by atoms with Gasteiger partial charge >= 0.3 is 0 Å². The van der Waals surface area contributed by atoms with Gasteiger partial charge in [0, 0.05) is 52.9 Å². The molecule has 0 bridgehead atoms. The minimum absolute atomic E-state index is 0.0333. The Balaban J connectivity index is 1.45. The third-order valence-corrected chi connectivity index (χ3v) is 10.9. The first kappa shape index (κ1) is 35.2. The largest absolute Gasteiger partial charge is 0.399 e. The summed E-state index contributed by atoms with van der Waals surface area (Å²) in [4.78, 5) is 5.08. The summed E-state index contributed by atoms with van der Waals surface area (Å²) in [6, 6.07) is 25.6. The van der Waals surface area contributed by atoms with Crippen LogP contribution in [0.25, 0.3) is 5.70 Å². The van der Waals surface area contributed by atoms with Crippen molar-refractivity contribution in [3.63, 3.8) is 0 Å². The average Bonchev–Trinajstić information content (AvgIpc) is 3.45. The molecule has 1 atom stereocenters. The van der Waals surface area contributed by atoms with Gasteiger partial charge in [-0.15, -0.1) is 0 Å². The number of fused-ring (bicyclic) bond motifs is 2. The van der Waals surface area contributed by atoms with Gasteiger partial charge in [-0.3, -0.25) is 5.01 Å². The molecule has 0 spiro atoms. The summed E-state index contributed by atoms with van der Waals surface area (Å²) >= 11 is 0. The van der Waals surface area contributed by atoms with Crippen molar-refractivity contribution in [3.05, 3.63) is 143 Å². The summed E-state index contributed by atoms with van der Waals surface area (Å²) < 4.78 is 0. The van der Waals surface area contributed by atoms with Crippen molar-refractivity contribution in [1.82, 2.24) is 5.01 Å². The van der Waals surface area contributed by atoms with Gasteiger partial charge in [-0.2, -0.15) is 0 Å². The highest BCUT2D eigenvalue weighted by Gasteiger charge is 2.43. The van der Waals surface area contributed by atoms with Crippen LogP contribution < -0.4 is 27.1 Å². The lowest BCUT2D eigenvalue weighted by molar-refractivity contribution is 0.470. The second-order valence-electron chi connectivity index (χ2n) is 15.1. The molecule has 6 rings (SSSR count). The summed E-state index contributed by atoms with van der Waals surface area (Å²) in [7, 11) is 0. The molecule has 3 aliphatic rings. The minimum atomic E-state index is -0.113. The predicted molar refractivity (Wildman–Crippen MR) is 213 cm³/mol. The number of nitrogens with zero attached hydrogens (tertiary/aromatic N) is 3. The lowest BCUT2D eigenvalue weighted by Gasteiger charge is -2.33. The molecule has 1 aliphatic carbocycles. The number of rotatable bonds is 10. The second kappa shape index (κ2) is 14.3. The van der Waals surface area contributed by atoms with Gasteiger partial charge in [-0.25, -0.2) is 5.84 Å². The van der Waals surface area contributed by atoms with Gasteiger partial charge in [-0.1, -0.05) is 108 Å². The molecule has 1 unspecified atom stereocenters. The fourth-order valence-corrected chi connectivity index (χ4v) is 8.34. The third-order valence-electron chi connectivity index (χ3n) is 10.9. The van der Waals surface area contributed by atoms with Crippen molar-refractivity contribution in [2.45, 2.75) is 90.5 Å². The van der Waals surface area contributed by atoms with E-state index in [0.29, 0.717) is 11.4 Å². The molecule has 3 aromatic rings. The molecule has 0 fully saturated rings. The maximum Gasteiger partial charge on any atom is 0.0632 e. The van der Waals surface area contributed by atoms with E-state index in [2.05, 4.69) is 124 Å². The second-order valence-corrected chi connectivity index (χ2v) is 15.1. The number of hydrogen-bond acceptors (Lipinski definition) is 6. The molecule has 6 N–H and O–H groups in total. The molecule has 0 saturated heterocycles.